The lowest BCUT2D eigenvalue weighted by Crippen LogP contribution is -1.94. The van der Waals surface area contributed by atoms with E-state index in [1.807, 2.05) is 0 Å². The van der Waals surface area contributed by atoms with Crippen LogP contribution in [0.2, 0.25) is 0 Å². The normalized spacial score (nSPS) is 11.6. The van der Waals surface area contributed by atoms with Gasteiger partial charge in [0.25, 0.3) is 0 Å². The Morgan fingerprint density at radius 1 is 0.545 bits per heavy atom. The molecular formula is C18H18S4. The standard InChI is InChI=1S/C18H18S4/c1-7-5-11-12(6-8(7)2)18(22)14-13(17(11)21)15(19)9(3)10(4)16(14)20/h5-6,19-22H,1-4H3. The summed E-state index contributed by atoms with van der Waals surface area (Å²) in [6.07, 6.45) is 0. The van der Waals surface area contributed by atoms with E-state index in [1.54, 1.807) is 0 Å². The predicted octanol–water partition coefficient (Wildman–Crippen LogP) is 6.38. The first kappa shape index (κ1) is 16.4. The number of rotatable bonds is 0. The monoisotopic (exact) mass is 362 g/mol. The van der Waals surface area contributed by atoms with E-state index in [0.717, 1.165) is 52.3 Å². The molecule has 0 atom stereocenters. The van der Waals surface area contributed by atoms with Gasteiger partial charge in [-0.2, -0.15) is 0 Å². The van der Waals surface area contributed by atoms with Gasteiger partial charge in [0.1, 0.15) is 0 Å². The number of benzene rings is 3. The van der Waals surface area contributed by atoms with Gasteiger partial charge in [0.15, 0.2) is 0 Å². The van der Waals surface area contributed by atoms with Crippen LogP contribution in [0.25, 0.3) is 21.5 Å². The summed E-state index contributed by atoms with van der Waals surface area (Å²) in [5.74, 6) is 0. The molecule has 0 aliphatic carbocycles. The van der Waals surface area contributed by atoms with Crippen molar-refractivity contribution < 1.29 is 0 Å². The van der Waals surface area contributed by atoms with E-state index in [-0.39, 0.29) is 0 Å². The molecule has 0 saturated carbocycles. The maximum Gasteiger partial charge on any atom is 0.0210 e. The molecule has 114 valence electrons. The van der Waals surface area contributed by atoms with Gasteiger partial charge in [-0.05, 0) is 72.9 Å². The van der Waals surface area contributed by atoms with Crippen LogP contribution in [-0.4, -0.2) is 0 Å². The van der Waals surface area contributed by atoms with Gasteiger partial charge in [-0.15, -0.1) is 50.5 Å². The Hall–Kier alpha value is -0.420. The first-order valence-corrected chi connectivity index (χ1v) is 8.84. The molecular weight excluding hydrogens is 344 g/mol. The lowest BCUT2D eigenvalue weighted by Gasteiger charge is -2.19. The molecule has 0 bridgehead atoms. The second-order valence-electron chi connectivity index (χ2n) is 5.88. The summed E-state index contributed by atoms with van der Waals surface area (Å²) in [5, 5.41) is 4.33. The summed E-state index contributed by atoms with van der Waals surface area (Å²) in [6.45, 7) is 8.40. The number of aryl methyl sites for hydroxylation is 2. The van der Waals surface area contributed by atoms with Crippen molar-refractivity contribution in [1.82, 2.24) is 0 Å². The van der Waals surface area contributed by atoms with Gasteiger partial charge >= 0.3 is 0 Å². The van der Waals surface area contributed by atoms with Crippen molar-refractivity contribution in [3.63, 3.8) is 0 Å². The number of fused-ring (bicyclic) bond motifs is 2. The van der Waals surface area contributed by atoms with Crippen molar-refractivity contribution in [2.75, 3.05) is 0 Å². The summed E-state index contributed by atoms with van der Waals surface area (Å²) in [6, 6.07) is 4.37. The minimum atomic E-state index is 0.953. The first-order valence-electron chi connectivity index (χ1n) is 7.05. The van der Waals surface area contributed by atoms with Crippen molar-refractivity contribution in [1.29, 1.82) is 0 Å². The van der Waals surface area contributed by atoms with Gasteiger partial charge < -0.3 is 0 Å². The number of hydrogen-bond donors (Lipinski definition) is 4. The molecule has 0 fully saturated rings. The lowest BCUT2D eigenvalue weighted by molar-refractivity contribution is 1.19. The van der Waals surface area contributed by atoms with E-state index in [2.05, 4.69) is 39.8 Å². The van der Waals surface area contributed by atoms with Crippen LogP contribution < -0.4 is 0 Å². The summed E-state index contributed by atoms with van der Waals surface area (Å²) in [7, 11) is 0. The summed E-state index contributed by atoms with van der Waals surface area (Å²) < 4.78 is 0. The molecule has 0 aromatic heterocycles. The summed E-state index contributed by atoms with van der Waals surface area (Å²) in [5.41, 5.74) is 4.80. The minimum Gasteiger partial charge on any atom is -0.142 e. The Bertz CT molecular complexity index is 877. The van der Waals surface area contributed by atoms with Crippen LogP contribution >= 0.6 is 50.5 Å². The molecule has 3 aromatic carbocycles. The molecule has 0 heterocycles. The lowest BCUT2D eigenvalue weighted by atomic mass is 9.95. The zero-order valence-electron chi connectivity index (χ0n) is 12.9. The van der Waals surface area contributed by atoms with Crippen molar-refractivity contribution >= 4 is 72.1 Å². The van der Waals surface area contributed by atoms with Gasteiger partial charge in [-0.1, -0.05) is 0 Å². The van der Waals surface area contributed by atoms with E-state index in [9.17, 15) is 0 Å². The number of thiol groups is 4. The van der Waals surface area contributed by atoms with Crippen molar-refractivity contribution in [3.8, 4) is 0 Å². The van der Waals surface area contributed by atoms with Gasteiger partial charge in [0, 0.05) is 30.4 Å². The van der Waals surface area contributed by atoms with Crippen LogP contribution in [-0.2, 0) is 0 Å². The van der Waals surface area contributed by atoms with E-state index in [1.165, 1.54) is 11.1 Å². The van der Waals surface area contributed by atoms with Crippen LogP contribution in [0.3, 0.4) is 0 Å². The highest BCUT2D eigenvalue weighted by Crippen LogP contribution is 2.45. The average molecular weight is 363 g/mol. The second kappa shape index (κ2) is 5.59. The van der Waals surface area contributed by atoms with Gasteiger partial charge in [-0.25, -0.2) is 0 Å². The molecule has 0 aliphatic rings. The zero-order valence-corrected chi connectivity index (χ0v) is 16.5. The molecule has 0 N–H and O–H groups in total. The highest BCUT2D eigenvalue weighted by Gasteiger charge is 2.18. The van der Waals surface area contributed by atoms with Crippen LogP contribution in [0.1, 0.15) is 22.3 Å². The third kappa shape index (κ3) is 2.19. The van der Waals surface area contributed by atoms with E-state index < -0.39 is 0 Å². The molecule has 0 radical (unpaired) electrons. The van der Waals surface area contributed by atoms with E-state index in [4.69, 9.17) is 50.5 Å². The zero-order chi connectivity index (χ0) is 16.3. The molecule has 3 aromatic rings. The average Bonchev–Trinajstić information content (AvgIpc) is 2.48. The molecule has 3 rings (SSSR count). The maximum atomic E-state index is 4.83. The fraction of sp³-hybridized carbons (Fsp3) is 0.222. The van der Waals surface area contributed by atoms with Crippen LogP contribution in [0.15, 0.2) is 31.7 Å². The smallest absolute Gasteiger partial charge is 0.0210 e. The Balaban J connectivity index is 2.72. The molecule has 0 saturated heterocycles. The van der Waals surface area contributed by atoms with Gasteiger partial charge in [0.2, 0.25) is 0 Å². The Morgan fingerprint density at radius 2 is 0.864 bits per heavy atom. The Kier molecular flexibility index (Phi) is 4.17. The largest absolute Gasteiger partial charge is 0.142 e. The van der Waals surface area contributed by atoms with Crippen molar-refractivity contribution in [2.24, 2.45) is 0 Å². The fourth-order valence-electron chi connectivity index (χ4n) is 2.91. The molecule has 22 heavy (non-hydrogen) atoms. The van der Waals surface area contributed by atoms with Crippen LogP contribution in [0.4, 0.5) is 0 Å². The molecule has 0 unspecified atom stereocenters. The molecule has 4 heteroatoms. The SMILES string of the molecule is Cc1cc2c(S)c3c(S)c(C)c(C)c(S)c3c(S)c2cc1C. The fourth-order valence-corrected chi connectivity index (χ4v) is 4.68. The topological polar surface area (TPSA) is 0 Å². The molecule has 0 spiro atoms. The third-order valence-corrected chi connectivity index (χ3v) is 6.66. The first-order chi connectivity index (χ1) is 10.3. The van der Waals surface area contributed by atoms with Gasteiger partial charge in [-0.3, -0.25) is 0 Å². The van der Waals surface area contributed by atoms with E-state index in [0.29, 0.717) is 0 Å². The minimum absolute atomic E-state index is 0.953. The van der Waals surface area contributed by atoms with Crippen molar-refractivity contribution in [2.45, 2.75) is 47.3 Å². The second-order valence-corrected chi connectivity index (χ2v) is 7.67. The van der Waals surface area contributed by atoms with Crippen LogP contribution in [0.5, 0.6) is 0 Å². The molecule has 0 nitrogen and oxygen atoms in total. The highest BCUT2D eigenvalue weighted by atomic mass is 32.1. The summed E-state index contributed by atoms with van der Waals surface area (Å²) >= 11 is 19.2. The summed E-state index contributed by atoms with van der Waals surface area (Å²) in [4.78, 5) is 3.83. The molecule has 0 amide bonds. The molecule has 0 aliphatic heterocycles. The predicted molar refractivity (Wildman–Crippen MR) is 109 cm³/mol. The number of hydrogen-bond acceptors (Lipinski definition) is 4. The van der Waals surface area contributed by atoms with Crippen LogP contribution in [0, 0.1) is 27.7 Å². The Labute approximate surface area is 153 Å². The van der Waals surface area contributed by atoms with Crippen molar-refractivity contribution in [3.05, 3.63) is 34.4 Å². The highest BCUT2D eigenvalue weighted by molar-refractivity contribution is 7.82. The third-order valence-electron chi connectivity index (χ3n) is 4.61. The maximum absolute atomic E-state index is 4.83. The van der Waals surface area contributed by atoms with E-state index >= 15 is 0 Å². The Morgan fingerprint density at radius 3 is 1.18 bits per heavy atom. The quantitative estimate of drug-likeness (QED) is 0.259. The van der Waals surface area contributed by atoms with Gasteiger partial charge in [0.05, 0.1) is 0 Å².